The van der Waals surface area contributed by atoms with Crippen LogP contribution in [-0.4, -0.2) is 41.6 Å². The number of nitrogens with zero attached hydrogens (tertiary/aromatic N) is 3. The molecule has 0 aliphatic rings. The molecule has 0 spiro atoms. The maximum Gasteiger partial charge on any atom is 0.466 e. The van der Waals surface area contributed by atoms with Crippen LogP contribution in [0.4, 0.5) is 4.79 Å². The second kappa shape index (κ2) is 6.48. The Hall–Kier alpha value is -1.25. The molecule has 1 aromatic heterocycles. The molecular weight excluding hydrogens is 246 g/mol. The summed E-state index contributed by atoms with van der Waals surface area (Å²) in [5.41, 5.74) is 0.837. The van der Waals surface area contributed by atoms with Gasteiger partial charge in [0.2, 0.25) is 5.88 Å². The van der Waals surface area contributed by atoms with Crippen molar-refractivity contribution in [1.29, 1.82) is 0 Å². The van der Waals surface area contributed by atoms with E-state index < -0.39 is 6.09 Å². The van der Waals surface area contributed by atoms with Gasteiger partial charge in [-0.15, -0.1) is 0 Å². The van der Waals surface area contributed by atoms with Crippen molar-refractivity contribution in [2.75, 3.05) is 20.5 Å². The topological polar surface area (TPSA) is 65.8 Å². The Morgan fingerprint density at radius 3 is 2.71 bits per heavy atom. The fourth-order valence-corrected chi connectivity index (χ4v) is 1.61. The number of carbonyl (C=O) groups excluding carboxylic acids is 1. The molecule has 0 saturated heterocycles. The highest BCUT2D eigenvalue weighted by Gasteiger charge is 2.18. The normalized spacial score (nSPS) is 10.4. The molecule has 0 aromatic carbocycles. The van der Waals surface area contributed by atoms with E-state index in [1.165, 1.54) is 18.9 Å². The van der Waals surface area contributed by atoms with Crippen LogP contribution >= 0.6 is 11.8 Å². The molecular formula is C9H15N3O4S. The summed E-state index contributed by atoms with van der Waals surface area (Å²) in [5, 5.41) is 4.81. The molecule has 0 fully saturated rings. The van der Waals surface area contributed by atoms with Crippen molar-refractivity contribution in [3.05, 3.63) is 11.8 Å². The lowest BCUT2D eigenvalue weighted by molar-refractivity contribution is -0.305. The molecule has 0 atom stereocenters. The molecule has 0 unspecified atom stereocenters. The summed E-state index contributed by atoms with van der Waals surface area (Å²) in [7, 11) is 4.29. The standard InChI is InChI=1S/C9H15N3O4S/c1-11-8(5-7(10-11)6-17-4)16-9(13)12(14-2)15-3/h5H,6H2,1-4H3. The molecule has 7 nitrogen and oxygen atoms in total. The second-order valence-corrected chi connectivity index (χ2v) is 3.89. The second-order valence-electron chi connectivity index (χ2n) is 3.02. The molecule has 0 aliphatic carbocycles. The molecule has 0 bridgehead atoms. The van der Waals surface area contributed by atoms with E-state index in [-0.39, 0.29) is 0 Å². The van der Waals surface area contributed by atoms with Crippen LogP contribution in [-0.2, 0) is 22.5 Å². The van der Waals surface area contributed by atoms with E-state index in [1.54, 1.807) is 24.9 Å². The number of hydrogen-bond donors (Lipinski definition) is 0. The predicted molar refractivity (Wildman–Crippen MR) is 62.3 cm³/mol. The van der Waals surface area contributed by atoms with Gasteiger partial charge in [-0.3, -0.25) is 0 Å². The average Bonchev–Trinajstić information content (AvgIpc) is 2.61. The van der Waals surface area contributed by atoms with Crippen LogP contribution in [0.3, 0.4) is 0 Å². The molecule has 17 heavy (non-hydrogen) atoms. The number of amides is 1. The van der Waals surface area contributed by atoms with Crippen molar-refractivity contribution in [3.8, 4) is 5.88 Å². The largest absolute Gasteiger partial charge is 0.466 e. The zero-order chi connectivity index (χ0) is 12.8. The average molecular weight is 261 g/mol. The molecule has 8 heteroatoms. The van der Waals surface area contributed by atoms with Crippen molar-refractivity contribution in [2.45, 2.75) is 5.75 Å². The fourth-order valence-electron chi connectivity index (χ4n) is 1.17. The van der Waals surface area contributed by atoms with E-state index >= 15 is 0 Å². The minimum Gasteiger partial charge on any atom is -0.388 e. The van der Waals surface area contributed by atoms with Gasteiger partial charge in [0, 0.05) is 18.9 Å². The molecule has 1 heterocycles. The van der Waals surface area contributed by atoms with Crippen molar-refractivity contribution in [1.82, 2.24) is 15.0 Å². The minimum atomic E-state index is -0.770. The lowest BCUT2D eigenvalue weighted by Crippen LogP contribution is -2.32. The molecule has 0 radical (unpaired) electrons. The van der Waals surface area contributed by atoms with Gasteiger partial charge in [0.05, 0.1) is 19.9 Å². The van der Waals surface area contributed by atoms with Crippen LogP contribution in [0.5, 0.6) is 5.88 Å². The number of hydrogen-bond acceptors (Lipinski definition) is 6. The van der Waals surface area contributed by atoms with Crippen LogP contribution in [0.25, 0.3) is 0 Å². The highest BCUT2D eigenvalue weighted by Crippen LogP contribution is 2.16. The Morgan fingerprint density at radius 2 is 2.18 bits per heavy atom. The molecule has 0 N–H and O–H groups in total. The maximum atomic E-state index is 11.5. The van der Waals surface area contributed by atoms with Gasteiger partial charge >= 0.3 is 6.09 Å². The lowest BCUT2D eigenvalue weighted by atomic mass is 10.5. The van der Waals surface area contributed by atoms with Gasteiger partial charge in [0.1, 0.15) is 0 Å². The third-order valence-electron chi connectivity index (χ3n) is 1.85. The molecule has 1 rings (SSSR count). The van der Waals surface area contributed by atoms with Gasteiger partial charge in [-0.25, -0.2) is 19.2 Å². The first-order valence-electron chi connectivity index (χ1n) is 4.74. The summed E-state index contributed by atoms with van der Waals surface area (Å²) in [6.45, 7) is 0. The van der Waals surface area contributed by atoms with Crippen LogP contribution < -0.4 is 4.74 Å². The van der Waals surface area contributed by atoms with Crippen LogP contribution in [0.1, 0.15) is 5.69 Å². The number of carbonyl (C=O) groups is 1. The van der Waals surface area contributed by atoms with Crippen molar-refractivity contribution in [2.24, 2.45) is 7.05 Å². The SMILES string of the molecule is CON(OC)C(=O)Oc1cc(CSC)nn1C. The van der Waals surface area contributed by atoms with E-state index in [0.29, 0.717) is 11.1 Å². The van der Waals surface area contributed by atoms with Crippen molar-refractivity contribution < 1.29 is 19.2 Å². The molecule has 0 saturated carbocycles. The third-order valence-corrected chi connectivity index (χ3v) is 2.44. The van der Waals surface area contributed by atoms with E-state index in [0.717, 1.165) is 11.4 Å². The van der Waals surface area contributed by atoms with Gasteiger partial charge in [-0.1, -0.05) is 0 Å². The molecule has 96 valence electrons. The fraction of sp³-hybridized carbons (Fsp3) is 0.556. The molecule has 0 aliphatic heterocycles. The Morgan fingerprint density at radius 1 is 1.53 bits per heavy atom. The first-order chi connectivity index (χ1) is 8.12. The number of aromatic nitrogens is 2. The van der Waals surface area contributed by atoms with Gasteiger partial charge < -0.3 is 4.74 Å². The molecule has 1 aromatic rings. The lowest BCUT2D eigenvalue weighted by Gasteiger charge is -2.14. The first-order valence-corrected chi connectivity index (χ1v) is 6.13. The Kier molecular flexibility index (Phi) is 5.26. The highest BCUT2D eigenvalue weighted by molar-refractivity contribution is 7.97. The summed E-state index contributed by atoms with van der Waals surface area (Å²) >= 11 is 1.63. The monoisotopic (exact) mass is 261 g/mol. The Balaban J connectivity index is 2.70. The zero-order valence-corrected chi connectivity index (χ0v) is 11.0. The maximum absolute atomic E-state index is 11.5. The third kappa shape index (κ3) is 3.62. The van der Waals surface area contributed by atoms with Crippen molar-refractivity contribution in [3.63, 3.8) is 0 Å². The quantitative estimate of drug-likeness (QED) is 0.742. The van der Waals surface area contributed by atoms with Crippen LogP contribution in [0, 0.1) is 0 Å². The smallest absolute Gasteiger partial charge is 0.388 e. The predicted octanol–water partition coefficient (Wildman–Crippen LogP) is 1.21. The van der Waals surface area contributed by atoms with E-state index in [2.05, 4.69) is 14.8 Å². The summed E-state index contributed by atoms with van der Waals surface area (Å²) in [6, 6.07) is 1.69. The van der Waals surface area contributed by atoms with Crippen LogP contribution in [0.15, 0.2) is 6.07 Å². The Bertz CT molecular complexity index is 378. The number of ether oxygens (including phenoxy) is 1. The van der Waals surface area contributed by atoms with Gasteiger partial charge in [-0.2, -0.15) is 16.9 Å². The Labute approximate surface area is 104 Å². The van der Waals surface area contributed by atoms with E-state index in [4.69, 9.17) is 4.74 Å². The zero-order valence-electron chi connectivity index (χ0n) is 10.2. The summed E-state index contributed by atoms with van der Waals surface area (Å²) in [5.74, 6) is 1.09. The number of rotatable bonds is 5. The summed E-state index contributed by atoms with van der Waals surface area (Å²) < 4.78 is 6.52. The first kappa shape index (κ1) is 13.8. The summed E-state index contributed by atoms with van der Waals surface area (Å²) in [4.78, 5) is 20.8. The van der Waals surface area contributed by atoms with Gasteiger partial charge in [-0.05, 0) is 11.5 Å². The van der Waals surface area contributed by atoms with Crippen LogP contribution in [0.2, 0.25) is 0 Å². The summed E-state index contributed by atoms with van der Waals surface area (Å²) in [6.07, 6.45) is 1.20. The number of hydroxylamine groups is 2. The highest BCUT2D eigenvalue weighted by atomic mass is 32.2. The van der Waals surface area contributed by atoms with E-state index in [1.807, 2.05) is 6.26 Å². The number of thioether (sulfide) groups is 1. The van der Waals surface area contributed by atoms with E-state index in [9.17, 15) is 4.79 Å². The minimum absolute atomic E-state index is 0.332. The van der Waals surface area contributed by atoms with Gasteiger partial charge in [0.15, 0.2) is 0 Å². The van der Waals surface area contributed by atoms with Crippen molar-refractivity contribution >= 4 is 17.9 Å². The van der Waals surface area contributed by atoms with Gasteiger partial charge in [0.25, 0.3) is 0 Å². The molecule has 1 amide bonds. The number of aryl methyl sites for hydroxylation is 1.